The molecule has 0 aliphatic rings. The van der Waals surface area contributed by atoms with Gasteiger partial charge in [-0.15, -0.1) is 0 Å². The number of aromatic nitrogens is 2. The van der Waals surface area contributed by atoms with Crippen LogP contribution in [-0.4, -0.2) is 42.9 Å². The van der Waals surface area contributed by atoms with Gasteiger partial charge < -0.3 is 9.88 Å². The van der Waals surface area contributed by atoms with Crippen molar-refractivity contribution in [1.29, 1.82) is 0 Å². The summed E-state index contributed by atoms with van der Waals surface area (Å²) in [6.07, 6.45) is 6.87. The lowest BCUT2D eigenvalue weighted by Gasteiger charge is -2.14. The summed E-state index contributed by atoms with van der Waals surface area (Å²) in [7, 11) is -3.19. The Bertz CT molecular complexity index is 431. The first kappa shape index (κ1) is 16.1. The van der Waals surface area contributed by atoms with Gasteiger partial charge in [0.05, 0.1) is 12.1 Å². The molecule has 0 radical (unpaired) electrons. The molecule has 0 aliphatic carbocycles. The highest BCUT2D eigenvalue weighted by atomic mass is 32.2. The van der Waals surface area contributed by atoms with Gasteiger partial charge in [-0.3, -0.25) is 0 Å². The molecule has 0 aliphatic heterocycles. The Morgan fingerprint density at radius 1 is 1.37 bits per heavy atom. The van der Waals surface area contributed by atoms with Gasteiger partial charge in [0.15, 0.2) is 0 Å². The average molecular weight is 288 g/mol. The van der Waals surface area contributed by atoms with Crippen LogP contribution in [0.25, 0.3) is 0 Å². The maximum Gasteiger partial charge on any atom is 0.211 e. The van der Waals surface area contributed by atoms with Crippen LogP contribution < -0.4 is 10.0 Å². The average Bonchev–Trinajstić information content (AvgIpc) is 2.80. The summed E-state index contributed by atoms with van der Waals surface area (Å²) in [6.45, 7) is 6.21. The van der Waals surface area contributed by atoms with Gasteiger partial charge in [0, 0.05) is 25.0 Å². The quantitative estimate of drug-likeness (QED) is 0.618. The fourth-order valence-corrected chi connectivity index (χ4v) is 3.13. The lowest BCUT2D eigenvalue weighted by molar-refractivity contribution is 0.518. The predicted octanol–water partition coefficient (Wildman–Crippen LogP) is 0.581. The van der Waals surface area contributed by atoms with Crippen molar-refractivity contribution in [2.24, 2.45) is 0 Å². The van der Waals surface area contributed by atoms with Gasteiger partial charge >= 0.3 is 0 Å². The molecule has 0 bridgehead atoms. The SMILES string of the molecule is CCCNCCCS(=O)(=O)NC(C)Cn1ccnc1. The minimum absolute atomic E-state index is 0.136. The lowest BCUT2D eigenvalue weighted by Crippen LogP contribution is -2.37. The third-order valence-corrected chi connectivity index (χ3v) is 4.21. The standard InChI is InChI=1S/C12H24N4O2S/c1-3-5-13-6-4-9-19(17,18)15-12(2)10-16-8-7-14-11-16/h7-8,11-13,15H,3-6,9-10H2,1-2H3. The van der Waals surface area contributed by atoms with E-state index in [1.54, 1.807) is 12.5 Å². The predicted molar refractivity (Wildman–Crippen MR) is 76.4 cm³/mol. The van der Waals surface area contributed by atoms with Gasteiger partial charge in [-0.05, 0) is 32.9 Å². The zero-order chi connectivity index (χ0) is 14.1. The summed E-state index contributed by atoms with van der Waals surface area (Å²) in [5.41, 5.74) is 0. The second-order valence-electron chi connectivity index (χ2n) is 4.70. The number of hydrogen-bond acceptors (Lipinski definition) is 4. The van der Waals surface area contributed by atoms with Crippen LogP contribution in [0.4, 0.5) is 0 Å². The van der Waals surface area contributed by atoms with E-state index >= 15 is 0 Å². The van der Waals surface area contributed by atoms with E-state index in [9.17, 15) is 8.42 Å². The van der Waals surface area contributed by atoms with Crippen molar-refractivity contribution >= 4 is 10.0 Å². The molecular formula is C12H24N4O2S. The van der Waals surface area contributed by atoms with E-state index in [0.29, 0.717) is 13.0 Å². The van der Waals surface area contributed by atoms with Crippen LogP contribution in [0.3, 0.4) is 0 Å². The van der Waals surface area contributed by atoms with Crippen molar-refractivity contribution in [2.75, 3.05) is 18.8 Å². The summed E-state index contributed by atoms with van der Waals surface area (Å²) >= 11 is 0. The molecule has 1 unspecified atom stereocenters. The van der Waals surface area contributed by atoms with Crippen molar-refractivity contribution in [3.8, 4) is 0 Å². The number of rotatable bonds is 10. The van der Waals surface area contributed by atoms with E-state index < -0.39 is 10.0 Å². The summed E-state index contributed by atoms with van der Waals surface area (Å²) in [5.74, 6) is 0.165. The highest BCUT2D eigenvalue weighted by molar-refractivity contribution is 7.89. The number of imidazole rings is 1. The van der Waals surface area contributed by atoms with Crippen LogP contribution in [0.2, 0.25) is 0 Å². The molecule has 1 aromatic heterocycles. The Morgan fingerprint density at radius 3 is 2.79 bits per heavy atom. The fraction of sp³-hybridized carbons (Fsp3) is 0.750. The second-order valence-corrected chi connectivity index (χ2v) is 6.57. The van der Waals surface area contributed by atoms with Crippen LogP contribution in [-0.2, 0) is 16.6 Å². The smallest absolute Gasteiger partial charge is 0.211 e. The molecule has 110 valence electrons. The molecule has 0 saturated heterocycles. The molecule has 1 heterocycles. The minimum Gasteiger partial charge on any atom is -0.336 e. The van der Waals surface area contributed by atoms with Crippen molar-refractivity contribution in [3.63, 3.8) is 0 Å². The maximum absolute atomic E-state index is 11.8. The molecule has 0 aromatic carbocycles. The van der Waals surface area contributed by atoms with Gasteiger partial charge in [-0.1, -0.05) is 6.92 Å². The summed E-state index contributed by atoms with van der Waals surface area (Å²) < 4.78 is 28.2. The number of nitrogens with one attached hydrogen (secondary N) is 2. The Morgan fingerprint density at radius 2 is 2.16 bits per heavy atom. The van der Waals surface area contributed by atoms with E-state index in [4.69, 9.17) is 0 Å². The third-order valence-electron chi connectivity index (χ3n) is 2.62. The maximum atomic E-state index is 11.8. The zero-order valence-electron chi connectivity index (χ0n) is 11.7. The first-order valence-electron chi connectivity index (χ1n) is 6.70. The summed E-state index contributed by atoms with van der Waals surface area (Å²) in [4.78, 5) is 3.93. The van der Waals surface area contributed by atoms with Gasteiger partial charge in [-0.25, -0.2) is 18.1 Å². The van der Waals surface area contributed by atoms with Crippen LogP contribution in [0.15, 0.2) is 18.7 Å². The first-order chi connectivity index (χ1) is 9.03. The molecule has 0 saturated carbocycles. The van der Waals surface area contributed by atoms with E-state index in [-0.39, 0.29) is 11.8 Å². The van der Waals surface area contributed by atoms with Crippen molar-refractivity contribution in [2.45, 2.75) is 39.3 Å². The molecule has 19 heavy (non-hydrogen) atoms. The normalized spacial score (nSPS) is 13.6. The lowest BCUT2D eigenvalue weighted by atomic mass is 10.4. The summed E-state index contributed by atoms with van der Waals surface area (Å²) in [6, 6.07) is -0.136. The molecule has 1 rings (SSSR count). The molecule has 0 amide bonds. The number of nitrogens with zero attached hydrogens (tertiary/aromatic N) is 2. The van der Waals surface area contributed by atoms with Gasteiger partial charge in [0.25, 0.3) is 0 Å². The van der Waals surface area contributed by atoms with Gasteiger partial charge in [-0.2, -0.15) is 0 Å². The summed E-state index contributed by atoms with van der Waals surface area (Å²) in [5, 5.41) is 3.19. The number of sulfonamides is 1. The Hall–Kier alpha value is -0.920. The van der Waals surface area contributed by atoms with Crippen molar-refractivity contribution < 1.29 is 8.42 Å². The Labute approximate surface area is 115 Å². The molecular weight excluding hydrogens is 264 g/mol. The van der Waals surface area contributed by atoms with Gasteiger partial charge in [0.2, 0.25) is 10.0 Å². The fourth-order valence-electron chi connectivity index (χ4n) is 1.80. The van der Waals surface area contributed by atoms with E-state index in [1.807, 2.05) is 17.7 Å². The largest absolute Gasteiger partial charge is 0.336 e. The Balaban J connectivity index is 2.25. The highest BCUT2D eigenvalue weighted by Gasteiger charge is 2.14. The zero-order valence-corrected chi connectivity index (χ0v) is 12.5. The molecule has 1 atom stereocenters. The van der Waals surface area contributed by atoms with Crippen LogP contribution in [0, 0.1) is 0 Å². The minimum atomic E-state index is -3.19. The first-order valence-corrected chi connectivity index (χ1v) is 8.35. The molecule has 1 aromatic rings. The Kier molecular flexibility index (Phi) is 7.04. The monoisotopic (exact) mass is 288 g/mol. The van der Waals surface area contributed by atoms with Crippen molar-refractivity contribution in [1.82, 2.24) is 19.6 Å². The van der Waals surface area contributed by atoms with Crippen LogP contribution >= 0.6 is 0 Å². The highest BCUT2D eigenvalue weighted by Crippen LogP contribution is 1.96. The third kappa shape index (κ3) is 7.29. The molecule has 6 nitrogen and oxygen atoms in total. The van der Waals surface area contributed by atoms with Crippen LogP contribution in [0.5, 0.6) is 0 Å². The van der Waals surface area contributed by atoms with Crippen LogP contribution in [0.1, 0.15) is 26.7 Å². The van der Waals surface area contributed by atoms with Crippen molar-refractivity contribution in [3.05, 3.63) is 18.7 Å². The molecule has 2 N–H and O–H groups in total. The van der Waals surface area contributed by atoms with E-state index in [1.165, 1.54) is 0 Å². The van der Waals surface area contributed by atoms with E-state index in [2.05, 4.69) is 21.9 Å². The molecule has 0 fully saturated rings. The van der Waals surface area contributed by atoms with E-state index in [0.717, 1.165) is 19.5 Å². The van der Waals surface area contributed by atoms with Gasteiger partial charge in [0.1, 0.15) is 0 Å². The molecule has 0 spiro atoms. The number of hydrogen-bond donors (Lipinski definition) is 2. The molecule has 7 heteroatoms. The second kappa shape index (κ2) is 8.29. The topological polar surface area (TPSA) is 76.0 Å².